The molecule has 0 bridgehead atoms. The summed E-state index contributed by atoms with van der Waals surface area (Å²) in [5.74, 6) is 0.0512. The van der Waals surface area contributed by atoms with E-state index in [1.807, 2.05) is 0 Å². The van der Waals surface area contributed by atoms with Gasteiger partial charge in [0.25, 0.3) is 0 Å². The predicted molar refractivity (Wildman–Crippen MR) is 43.1 cm³/mol. The van der Waals surface area contributed by atoms with Gasteiger partial charge in [-0.05, 0) is 25.7 Å². The van der Waals surface area contributed by atoms with Crippen molar-refractivity contribution >= 4 is 5.97 Å². The average Bonchev–Trinajstić information content (AvgIpc) is 2.30. The minimum atomic E-state index is -0.0587. The van der Waals surface area contributed by atoms with E-state index in [1.165, 1.54) is 7.11 Å². The highest BCUT2D eigenvalue weighted by Gasteiger charge is 2.17. The van der Waals surface area contributed by atoms with Crippen molar-refractivity contribution in [2.75, 3.05) is 7.11 Å². The molecule has 1 aliphatic rings. The molecule has 1 aliphatic carbocycles. The van der Waals surface area contributed by atoms with E-state index in [1.54, 1.807) is 0 Å². The second-order valence-electron chi connectivity index (χ2n) is 2.86. The van der Waals surface area contributed by atoms with Gasteiger partial charge >= 0.3 is 5.97 Å². The molecule has 2 nitrogen and oxygen atoms in total. The Balaban J connectivity index is 2.44. The quantitative estimate of drug-likeness (QED) is 0.426. The van der Waals surface area contributed by atoms with Gasteiger partial charge in [-0.25, -0.2) is 0 Å². The molecule has 1 rings (SSSR count). The van der Waals surface area contributed by atoms with Crippen LogP contribution in [0.4, 0.5) is 0 Å². The maximum absolute atomic E-state index is 11.1. The molecule has 0 spiro atoms. The Hall–Kier alpha value is -0.790. The van der Waals surface area contributed by atoms with Gasteiger partial charge in [0.15, 0.2) is 0 Å². The standard InChI is InChI=1S/C9H14O2/c1-11-9(10)8-6-4-2-3-5-7-8/h2,4,8H,3,5-7H2,1H3. The van der Waals surface area contributed by atoms with Crippen LogP contribution in [0.1, 0.15) is 25.7 Å². The fraction of sp³-hybridized carbons (Fsp3) is 0.667. The lowest BCUT2D eigenvalue weighted by Gasteiger charge is -2.09. The number of hydrogen-bond donors (Lipinski definition) is 0. The zero-order chi connectivity index (χ0) is 8.10. The minimum Gasteiger partial charge on any atom is -0.469 e. The SMILES string of the molecule is COC(=O)C1CC=CCCC1. The molecule has 2 heteroatoms. The Morgan fingerprint density at radius 1 is 1.55 bits per heavy atom. The van der Waals surface area contributed by atoms with Crippen LogP contribution in [0.3, 0.4) is 0 Å². The van der Waals surface area contributed by atoms with Crippen LogP contribution in [0, 0.1) is 5.92 Å². The smallest absolute Gasteiger partial charge is 0.308 e. The molecule has 1 atom stereocenters. The van der Waals surface area contributed by atoms with Crippen LogP contribution in [0.15, 0.2) is 12.2 Å². The molecule has 0 fully saturated rings. The topological polar surface area (TPSA) is 26.3 Å². The number of ether oxygens (including phenoxy) is 1. The van der Waals surface area contributed by atoms with Gasteiger partial charge in [0.1, 0.15) is 0 Å². The highest BCUT2D eigenvalue weighted by molar-refractivity contribution is 5.72. The van der Waals surface area contributed by atoms with Gasteiger partial charge in [-0.3, -0.25) is 4.79 Å². The molecular weight excluding hydrogens is 140 g/mol. The summed E-state index contributed by atoms with van der Waals surface area (Å²) < 4.78 is 4.67. The molecule has 0 radical (unpaired) electrons. The summed E-state index contributed by atoms with van der Waals surface area (Å²) in [4.78, 5) is 11.1. The maximum Gasteiger partial charge on any atom is 0.308 e. The summed E-state index contributed by atoms with van der Waals surface area (Å²) in [5.41, 5.74) is 0. The summed E-state index contributed by atoms with van der Waals surface area (Å²) in [6.07, 6.45) is 8.26. The van der Waals surface area contributed by atoms with Crippen LogP contribution >= 0.6 is 0 Å². The summed E-state index contributed by atoms with van der Waals surface area (Å²) >= 11 is 0. The zero-order valence-electron chi connectivity index (χ0n) is 6.88. The first-order chi connectivity index (χ1) is 5.34. The fourth-order valence-corrected chi connectivity index (χ4v) is 1.36. The third kappa shape index (κ3) is 2.37. The van der Waals surface area contributed by atoms with Gasteiger partial charge < -0.3 is 4.74 Å². The molecule has 0 aromatic carbocycles. The Morgan fingerprint density at radius 3 is 3.09 bits per heavy atom. The van der Waals surface area contributed by atoms with Crippen LogP contribution in [0.2, 0.25) is 0 Å². The molecule has 0 aliphatic heterocycles. The van der Waals surface area contributed by atoms with E-state index in [9.17, 15) is 4.79 Å². The number of carbonyl (C=O) groups is 1. The summed E-state index contributed by atoms with van der Waals surface area (Å²) in [5, 5.41) is 0. The summed E-state index contributed by atoms with van der Waals surface area (Å²) in [6.45, 7) is 0. The average molecular weight is 154 g/mol. The van der Waals surface area contributed by atoms with Crippen LogP contribution < -0.4 is 0 Å². The molecule has 0 saturated carbocycles. The van der Waals surface area contributed by atoms with Gasteiger partial charge in [0.05, 0.1) is 13.0 Å². The molecule has 11 heavy (non-hydrogen) atoms. The van der Waals surface area contributed by atoms with Crippen LogP contribution in [0.25, 0.3) is 0 Å². The minimum absolute atomic E-state index is 0.0587. The Kier molecular flexibility index (Phi) is 3.14. The lowest BCUT2D eigenvalue weighted by atomic mass is 10.0. The van der Waals surface area contributed by atoms with Crippen molar-refractivity contribution in [3.63, 3.8) is 0 Å². The largest absolute Gasteiger partial charge is 0.469 e. The Bertz CT molecular complexity index is 161. The Morgan fingerprint density at radius 2 is 2.36 bits per heavy atom. The molecular formula is C9H14O2. The zero-order valence-corrected chi connectivity index (χ0v) is 6.88. The van der Waals surface area contributed by atoms with E-state index in [0.717, 1.165) is 25.7 Å². The second kappa shape index (κ2) is 4.16. The van der Waals surface area contributed by atoms with Crippen LogP contribution in [-0.2, 0) is 9.53 Å². The van der Waals surface area contributed by atoms with Gasteiger partial charge in [-0.2, -0.15) is 0 Å². The van der Waals surface area contributed by atoms with Crippen molar-refractivity contribution in [3.05, 3.63) is 12.2 Å². The van der Waals surface area contributed by atoms with E-state index in [4.69, 9.17) is 0 Å². The number of rotatable bonds is 1. The summed E-state index contributed by atoms with van der Waals surface area (Å²) in [7, 11) is 1.46. The number of esters is 1. The van der Waals surface area contributed by atoms with E-state index >= 15 is 0 Å². The first-order valence-corrected chi connectivity index (χ1v) is 4.07. The molecule has 0 amide bonds. The fourth-order valence-electron chi connectivity index (χ4n) is 1.36. The molecule has 0 aromatic rings. The van der Waals surface area contributed by atoms with Crippen LogP contribution in [-0.4, -0.2) is 13.1 Å². The molecule has 0 saturated heterocycles. The highest BCUT2D eigenvalue weighted by atomic mass is 16.5. The van der Waals surface area contributed by atoms with E-state index in [0.29, 0.717) is 0 Å². The lowest BCUT2D eigenvalue weighted by molar-refractivity contribution is -0.145. The van der Waals surface area contributed by atoms with Gasteiger partial charge in [0, 0.05) is 0 Å². The van der Waals surface area contributed by atoms with Gasteiger partial charge in [-0.1, -0.05) is 12.2 Å². The van der Waals surface area contributed by atoms with Crippen molar-refractivity contribution in [1.82, 2.24) is 0 Å². The number of allylic oxidation sites excluding steroid dienone is 2. The van der Waals surface area contributed by atoms with Crippen molar-refractivity contribution in [2.45, 2.75) is 25.7 Å². The van der Waals surface area contributed by atoms with Crippen molar-refractivity contribution < 1.29 is 9.53 Å². The number of hydrogen-bond acceptors (Lipinski definition) is 2. The molecule has 62 valence electrons. The van der Waals surface area contributed by atoms with E-state index in [-0.39, 0.29) is 11.9 Å². The maximum atomic E-state index is 11.1. The first-order valence-electron chi connectivity index (χ1n) is 4.07. The van der Waals surface area contributed by atoms with E-state index in [2.05, 4.69) is 16.9 Å². The molecule has 1 unspecified atom stereocenters. The monoisotopic (exact) mass is 154 g/mol. The van der Waals surface area contributed by atoms with Gasteiger partial charge in [0.2, 0.25) is 0 Å². The molecule has 0 aromatic heterocycles. The first kappa shape index (κ1) is 8.31. The highest BCUT2D eigenvalue weighted by Crippen LogP contribution is 2.18. The predicted octanol–water partition coefficient (Wildman–Crippen LogP) is 1.91. The molecule has 0 heterocycles. The third-order valence-corrected chi connectivity index (χ3v) is 2.05. The van der Waals surface area contributed by atoms with Crippen LogP contribution in [0.5, 0.6) is 0 Å². The summed E-state index contributed by atoms with van der Waals surface area (Å²) in [6, 6.07) is 0. The van der Waals surface area contributed by atoms with Gasteiger partial charge in [-0.15, -0.1) is 0 Å². The normalized spacial score (nSPS) is 24.3. The Labute approximate surface area is 67.2 Å². The number of carbonyl (C=O) groups excluding carboxylic acids is 1. The number of methoxy groups -OCH3 is 1. The van der Waals surface area contributed by atoms with E-state index < -0.39 is 0 Å². The molecule has 0 N–H and O–H groups in total. The third-order valence-electron chi connectivity index (χ3n) is 2.05. The van der Waals surface area contributed by atoms with Crippen molar-refractivity contribution in [1.29, 1.82) is 0 Å². The van der Waals surface area contributed by atoms with Crippen molar-refractivity contribution in [2.24, 2.45) is 5.92 Å². The second-order valence-corrected chi connectivity index (χ2v) is 2.86. The lowest BCUT2D eigenvalue weighted by Crippen LogP contribution is -2.14. The van der Waals surface area contributed by atoms with Crippen molar-refractivity contribution in [3.8, 4) is 0 Å².